The Balaban J connectivity index is 1.20. The maximum atomic E-state index is 14.5. The molecule has 10 atom stereocenters. The van der Waals surface area contributed by atoms with Gasteiger partial charge in [0.05, 0.1) is 12.2 Å². The number of fused-ring (bicyclic) bond motifs is 7. The number of hydrogen-bond acceptors (Lipinski definition) is 8. The minimum atomic E-state index is -1.26. The number of carbonyl (C=O) groups is 3. The standard InChI is InChI=1S/C34H47NO7/c1-32-14-13-22(36)16-21(32)11-12-23-24-17-28-34(33(24,2)18-26(37)29(23)32,42-31(41-28)20-8-5-4-6-9-20)27(38)19-40-30(39)25-10-7-15-35(25)3/h13-14,16,20,23-26,28-29,31,37H,4-12,15,17-19H2,1-3H3/t23-,24-,25-,26-,28+,29+,31+,32-,33-,34+/m0/s1. The van der Waals surface area contributed by atoms with E-state index in [1.54, 1.807) is 12.2 Å². The molecule has 2 aliphatic heterocycles. The largest absolute Gasteiger partial charge is 0.456 e. The van der Waals surface area contributed by atoms with E-state index in [4.69, 9.17) is 14.2 Å². The molecule has 8 nitrogen and oxygen atoms in total. The normalized spacial score (nSPS) is 46.9. The van der Waals surface area contributed by atoms with Gasteiger partial charge in [-0.2, -0.15) is 0 Å². The molecule has 0 amide bonds. The smallest absolute Gasteiger partial charge is 0.323 e. The van der Waals surface area contributed by atoms with Crippen molar-refractivity contribution < 1.29 is 33.7 Å². The average molecular weight is 582 g/mol. The van der Waals surface area contributed by atoms with E-state index < -0.39 is 29.5 Å². The molecule has 230 valence electrons. The second-order valence-corrected chi connectivity index (χ2v) is 14.9. The molecule has 0 aromatic heterocycles. The van der Waals surface area contributed by atoms with Gasteiger partial charge >= 0.3 is 5.97 Å². The van der Waals surface area contributed by atoms with Gasteiger partial charge in [0.1, 0.15) is 6.04 Å². The first-order valence-electron chi connectivity index (χ1n) is 16.4. The number of nitrogens with zero attached hydrogens (tertiary/aromatic N) is 1. The van der Waals surface area contributed by atoms with Crippen molar-refractivity contribution in [2.75, 3.05) is 20.2 Å². The Morgan fingerprint density at radius 1 is 1.12 bits per heavy atom. The van der Waals surface area contributed by atoms with Crippen LogP contribution in [0.2, 0.25) is 0 Å². The molecule has 0 aromatic rings. The van der Waals surface area contributed by atoms with E-state index >= 15 is 0 Å². The third kappa shape index (κ3) is 4.11. The molecule has 6 fully saturated rings. The number of aliphatic hydroxyl groups is 1. The Morgan fingerprint density at radius 2 is 1.90 bits per heavy atom. The summed E-state index contributed by atoms with van der Waals surface area (Å²) in [6, 6.07) is -0.313. The van der Waals surface area contributed by atoms with Crippen molar-refractivity contribution in [1.82, 2.24) is 4.90 Å². The van der Waals surface area contributed by atoms with Gasteiger partial charge in [0.25, 0.3) is 0 Å². The van der Waals surface area contributed by atoms with Gasteiger partial charge in [-0.15, -0.1) is 0 Å². The van der Waals surface area contributed by atoms with Crippen LogP contribution in [0.4, 0.5) is 0 Å². The summed E-state index contributed by atoms with van der Waals surface area (Å²) in [6.07, 6.45) is 13.9. The molecule has 0 spiro atoms. The van der Waals surface area contributed by atoms with Gasteiger partial charge in [0.15, 0.2) is 24.3 Å². The second kappa shape index (κ2) is 10.4. The van der Waals surface area contributed by atoms with E-state index in [1.165, 1.54) is 6.42 Å². The summed E-state index contributed by atoms with van der Waals surface area (Å²) in [5, 5.41) is 12.0. The third-order valence-electron chi connectivity index (χ3n) is 12.8. The van der Waals surface area contributed by atoms with Crippen molar-refractivity contribution in [2.24, 2.45) is 34.5 Å². The molecule has 0 bridgehead atoms. The van der Waals surface area contributed by atoms with Crippen LogP contribution in [0.25, 0.3) is 0 Å². The van der Waals surface area contributed by atoms with Crippen LogP contribution in [0, 0.1) is 34.5 Å². The van der Waals surface area contributed by atoms with Crippen molar-refractivity contribution in [3.05, 3.63) is 23.8 Å². The highest BCUT2D eigenvalue weighted by atomic mass is 16.7. The van der Waals surface area contributed by atoms with Crippen LogP contribution in [0.5, 0.6) is 0 Å². The Hall–Kier alpha value is -1.87. The number of allylic oxidation sites excluding steroid dienone is 4. The van der Waals surface area contributed by atoms with Crippen LogP contribution < -0.4 is 0 Å². The number of Topliss-reactive ketones (excluding diaryl/α,β-unsaturated/α-hetero) is 1. The topological polar surface area (TPSA) is 102 Å². The van der Waals surface area contributed by atoms with Gasteiger partial charge in [0, 0.05) is 22.7 Å². The number of ether oxygens (including phenoxy) is 3. The van der Waals surface area contributed by atoms with E-state index in [9.17, 15) is 19.5 Å². The lowest BCUT2D eigenvalue weighted by Gasteiger charge is -2.59. The summed E-state index contributed by atoms with van der Waals surface area (Å²) in [4.78, 5) is 41.7. The molecule has 4 saturated carbocycles. The number of likely N-dealkylation sites (tertiary alicyclic amines) is 1. The number of rotatable bonds is 5. The molecular formula is C34H47NO7. The van der Waals surface area contributed by atoms with Crippen molar-refractivity contribution in [3.63, 3.8) is 0 Å². The maximum Gasteiger partial charge on any atom is 0.323 e. The van der Waals surface area contributed by atoms with Crippen molar-refractivity contribution >= 4 is 17.5 Å². The van der Waals surface area contributed by atoms with Crippen LogP contribution in [0.3, 0.4) is 0 Å². The molecule has 0 unspecified atom stereocenters. The Bertz CT molecular complexity index is 1210. The minimum Gasteiger partial charge on any atom is -0.456 e. The summed E-state index contributed by atoms with van der Waals surface area (Å²) in [5.74, 6) is -0.0851. The highest BCUT2D eigenvalue weighted by Gasteiger charge is 2.76. The van der Waals surface area contributed by atoms with Crippen molar-refractivity contribution in [3.8, 4) is 0 Å². The minimum absolute atomic E-state index is 0.0184. The third-order valence-corrected chi connectivity index (χ3v) is 12.8. The highest BCUT2D eigenvalue weighted by molar-refractivity contribution is 6.01. The molecule has 7 aliphatic rings. The monoisotopic (exact) mass is 581 g/mol. The Labute approximate surface area is 249 Å². The Kier molecular flexibility index (Phi) is 7.12. The van der Waals surface area contributed by atoms with Crippen molar-refractivity contribution in [2.45, 2.75) is 115 Å². The molecule has 7 rings (SSSR count). The van der Waals surface area contributed by atoms with Gasteiger partial charge in [-0.25, -0.2) is 0 Å². The molecule has 1 N–H and O–H groups in total. The fourth-order valence-electron chi connectivity index (χ4n) is 10.8. The zero-order valence-corrected chi connectivity index (χ0v) is 25.4. The zero-order chi connectivity index (χ0) is 29.4. The summed E-state index contributed by atoms with van der Waals surface area (Å²) in [7, 11) is 1.92. The number of carbonyl (C=O) groups excluding carboxylic acids is 3. The molecule has 8 heteroatoms. The molecule has 0 radical (unpaired) electrons. The van der Waals surface area contributed by atoms with Crippen LogP contribution >= 0.6 is 0 Å². The highest BCUT2D eigenvalue weighted by Crippen LogP contribution is 2.70. The second-order valence-electron chi connectivity index (χ2n) is 14.9. The fourth-order valence-corrected chi connectivity index (χ4v) is 10.8. The van der Waals surface area contributed by atoms with E-state index in [2.05, 4.69) is 13.8 Å². The van der Waals surface area contributed by atoms with Crippen LogP contribution in [0.1, 0.15) is 84.5 Å². The first-order valence-corrected chi connectivity index (χ1v) is 16.4. The Morgan fingerprint density at radius 3 is 2.64 bits per heavy atom. The van der Waals surface area contributed by atoms with E-state index in [0.717, 1.165) is 63.5 Å². The number of likely N-dealkylation sites (N-methyl/N-ethyl adjacent to an activating group) is 1. The van der Waals surface area contributed by atoms with Gasteiger partial charge in [0.2, 0.25) is 5.78 Å². The number of ketones is 2. The summed E-state index contributed by atoms with van der Waals surface area (Å²) < 4.78 is 19.4. The van der Waals surface area contributed by atoms with E-state index in [0.29, 0.717) is 12.8 Å². The lowest BCUT2D eigenvalue weighted by molar-refractivity contribution is -0.210. The van der Waals surface area contributed by atoms with Crippen LogP contribution in [-0.4, -0.2) is 77.9 Å². The molecule has 2 heterocycles. The first kappa shape index (κ1) is 28.9. The SMILES string of the molecule is CN1CCC[C@H]1C(=O)OCC(=O)[C@@]12O[C@H](C3CCCCC3)O[C@@H]1C[C@H]1[C@@H]3CCC4=CC(=O)C=C[C@]4(C)[C@H]3[C@@H](O)C[C@@]12C. The molecular weight excluding hydrogens is 534 g/mol. The van der Waals surface area contributed by atoms with Gasteiger partial charge in [-0.3, -0.25) is 19.3 Å². The van der Waals surface area contributed by atoms with E-state index in [1.807, 2.05) is 18.0 Å². The fraction of sp³-hybridized carbons (Fsp3) is 0.794. The van der Waals surface area contributed by atoms with Crippen molar-refractivity contribution in [1.29, 1.82) is 0 Å². The predicted octanol–water partition coefficient (Wildman–Crippen LogP) is 4.14. The van der Waals surface area contributed by atoms with Crippen LogP contribution in [0.15, 0.2) is 23.8 Å². The molecule has 42 heavy (non-hydrogen) atoms. The van der Waals surface area contributed by atoms with Gasteiger partial charge in [-0.05, 0) is 88.9 Å². The predicted molar refractivity (Wildman–Crippen MR) is 154 cm³/mol. The first-order chi connectivity index (χ1) is 20.1. The molecule has 5 aliphatic carbocycles. The summed E-state index contributed by atoms with van der Waals surface area (Å²) >= 11 is 0. The summed E-state index contributed by atoms with van der Waals surface area (Å²) in [5.41, 5.74) is -1.21. The number of esters is 1. The average Bonchev–Trinajstić information content (AvgIpc) is 3.64. The number of hydrogen-bond donors (Lipinski definition) is 1. The molecule has 0 aromatic carbocycles. The van der Waals surface area contributed by atoms with Crippen LogP contribution in [-0.2, 0) is 28.6 Å². The number of aliphatic hydroxyl groups excluding tert-OH is 1. The summed E-state index contributed by atoms with van der Waals surface area (Å²) in [6.45, 7) is 4.80. The molecule has 2 saturated heterocycles. The van der Waals surface area contributed by atoms with E-state index in [-0.39, 0.29) is 59.3 Å². The van der Waals surface area contributed by atoms with Gasteiger partial charge in [-0.1, -0.05) is 44.8 Å². The lowest BCUT2D eigenvalue weighted by atomic mass is 9.46. The maximum absolute atomic E-state index is 14.5. The van der Waals surface area contributed by atoms with Gasteiger partial charge < -0.3 is 19.3 Å². The lowest BCUT2D eigenvalue weighted by Crippen LogP contribution is -2.64. The zero-order valence-electron chi connectivity index (χ0n) is 25.4. The quantitative estimate of drug-likeness (QED) is 0.484.